The zero-order valence-electron chi connectivity index (χ0n) is 83.4. The summed E-state index contributed by atoms with van der Waals surface area (Å²) in [5.74, 6) is 0. The molecule has 20 unspecified atom stereocenters. The SMILES string of the molecule is CC(C)[Si](OCC1OC(OC2C(OCC3OC(OCCCC=O)C(OCc4ccccc4)C(OCc4ccccc4)C3OCc3ccccc3)OC(COCc3ccccc3)C(OCc3ccccc3)C2OCc2ccccc2)C(OC2OC(COCc3ccccc3)C(OCc3ccccc3)C(OCc3ccccc3)C2OCc2ccccc2)C(OCc2ccccc2)C1OCc1ccccc1)(C(C)C)C(C)C. The fraction of sp³-hybridized carbons (Fsp3) is 0.397. The van der Waals surface area contributed by atoms with Crippen molar-refractivity contribution in [1.82, 2.24) is 0 Å². The van der Waals surface area contributed by atoms with Crippen LogP contribution in [0, 0.1) is 0 Å². The van der Waals surface area contributed by atoms with Crippen molar-refractivity contribution in [3.05, 3.63) is 431 Å². The summed E-state index contributed by atoms with van der Waals surface area (Å²) in [5.41, 5.74) is 11.2. The van der Waals surface area contributed by atoms with Crippen LogP contribution in [0.15, 0.2) is 364 Å². The van der Waals surface area contributed by atoms with Crippen molar-refractivity contribution < 1.29 is 104 Å². The molecule has 12 aromatic rings. The molecule has 760 valence electrons. The van der Waals surface area contributed by atoms with Crippen LogP contribution in [-0.2, 0) is 183 Å². The lowest BCUT2D eigenvalue weighted by Crippen LogP contribution is -2.69. The van der Waals surface area contributed by atoms with E-state index in [2.05, 4.69) is 41.5 Å². The van der Waals surface area contributed by atoms with E-state index in [9.17, 15) is 4.79 Å². The van der Waals surface area contributed by atoms with Crippen molar-refractivity contribution in [3.8, 4) is 0 Å². The summed E-state index contributed by atoms with van der Waals surface area (Å²) in [6.07, 6.45) is -21.3. The molecule has 0 amide bonds. The van der Waals surface area contributed by atoms with Crippen molar-refractivity contribution in [2.24, 2.45) is 0 Å². The van der Waals surface area contributed by atoms with E-state index in [1.54, 1.807) is 0 Å². The standard InChI is InChI=1S/C121H140O22Si/c1-87(2)144(88(3)4,89(5)6)137-86-105-109(129-76-95-55-29-12-30-56-95)113(133-80-99-63-37-16-38-64-99)117(143-120-115(135-82-101-67-41-18-42-68-101)111(131-78-97-59-33-14-34-60-97)106(126-73-92-49-23-9-24-50-92)103(140-120)84-124-72-91-47-21-8-22-48-91)121(141-105)142-116-112(132-79-98-61-35-15-36-62-98)107(127-74-93-51-25-10-26-52-93)102(83-123-71-90-45-19-7-20-46-90)138-119(116)136-85-104-108(128-75-94-53-27-11-28-54-94)110(130-77-96-57-31-13-32-58-96)114(118(139-104)125-70-44-43-69-122)134-81-100-65-39-17-40-66-100/h7-42,45-69,87-89,102-121H,43-44,70-86H2,1-6H3. The fourth-order valence-corrected chi connectivity index (χ4v) is 25.2. The van der Waals surface area contributed by atoms with E-state index >= 15 is 0 Å². The molecule has 0 saturated carbocycles. The van der Waals surface area contributed by atoms with Gasteiger partial charge in [0, 0.05) is 6.42 Å². The summed E-state index contributed by atoms with van der Waals surface area (Å²) in [5, 5.41) is 0. The zero-order valence-corrected chi connectivity index (χ0v) is 84.4. The molecule has 23 heteroatoms. The van der Waals surface area contributed by atoms with E-state index in [-0.39, 0.29) is 135 Å². The molecule has 22 nitrogen and oxygen atoms in total. The third-order valence-electron chi connectivity index (χ3n) is 27.0. The summed E-state index contributed by atoms with van der Waals surface area (Å²) in [6.45, 7) is 14.9. The zero-order chi connectivity index (χ0) is 99.1. The second-order valence-electron chi connectivity index (χ2n) is 38.1. The van der Waals surface area contributed by atoms with Crippen LogP contribution in [0.25, 0.3) is 0 Å². The molecule has 4 saturated heterocycles. The van der Waals surface area contributed by atoms with Crippen LogP contribution in [0.1, 0.15) is 121 Å². The van der Waals surface area contributed by atoms with Gasteiger partial charge in [0.2, 0.25) is 0 Å². The van der Waals surface area contributed by atoms with E-state index in [4.69, 9.17) is 99.2 Å². The molecule has 12 aromatic carbocycles. The number of aldehydes is 1. The van der Waals surface area contributed by atoms with Crippen molar-refractivity contribution in [2.45, 2.75) is 273 Å². The maximum Gasteiger partial charge on any atom is 0.200 e. The lowest BCUT2D eigenvalue weighted by molar-refractivity contribution is -0.407. The highest BCUT2D eigenvalue weighted by atomic mass is 28.4. The van der Waals surface area contributed by atoms with Gasteiger partial charge in [-0.25, -0.2) is 0 Å². The number of hydrogen-bond donors (Lipinski definition) is 0. The Balaban J connectivity index is 0.896. The molecule has 0 N–H and O–H groups in total. The molecule has 0 aliphatic carbocycles. The third kappa shape index (κ3) is 30.7. The molecule has 144 heavy (non-hydrogen) atoms. The highest BCUT2D eigenvalue weighted by molar-refractivity contribution is 6.77. The molecular formula is C121H140O22Si. The first-order chi connectivity index (χ1) is 70.9. The maximum atomic E-state index is 12.2. The van der Waals surface area contributed by atoms with Gasteiger partial charge < -0.3 is 104 Å². The van der Waals surface area contributed by atoms with Crippen molar-refractivity contribution in [1.29, 1.82) is 0 Å². The minimum atomic E-state index is -2.85. The summed E-state index contributed by atoms with van der Waals surface area (Å²) in [6, 6.07) is 120. The van der Waals surface area contributed by atoms with E-state index in [0.29, 0.717) is 6.42 Å². The number of benzene rings is 12. The molecule has 4 fully saturated rings. The Bertz CT molecular complexity index is 5500. The van der Waals surface area contributed by atoms with Gasteiger partial charge in [-0.1, -0.05) is 406 Å². The first kappa shape index (κ1) is 106. The Hall–Kier alpha value is -10.3. The highest BCUT2D eigenvalue weighted by Gasteiger charge is 2.60. The van der Waals surface area contributed by atoms with E-state index in [1.165, 1.54) is 0 Å². The Kier molecular flexibility index (Phi) is 41.8. The van der Waals surface area contributed by atoms with Gasteiger partial charge >= 0.3 is 0 Å². The van der Waals surface area contributed by atoms with Gasteiger partial charge in [-0.3, -0.25) is 0 Å². The summed E-state index contributed by atoms with van der Waals surface area (Å²) in [7, 11) is -2.85. The minimum absolute atomic E-state index is 0.00804. The van der Waals surface area contributed by atoms with Crippen LogP contribution in [0.4, 0.5) is 0 Å². The third-order valence-corrected chi connectivity index (χ3v) is 33.0. The first-order valence-electron chi connectivity index (χ1n) is 50.9. The van der Waals surface area contributed by atoms with E-state index in [1.807, 2.05) is 364 Å². The van der Waals surface area contributed by atoms with Crippen LogP contribution in [-0.4, -0.2) is 170 Å². The molecule has 4 aliphatic rings. The largest absolute Gasteiger partial charge is 0.413 e. The second kappa shape index (κ2) is 56.6. The molecule has 4 aliphatic heterocycles. The second-order valence-corrected chi connectivity index (χ2v) is 43.6. The van der Waals surface area contributed by atoms with E-state index < -0.39 is 131 Å². The first-order valence-corrected chi connectivity index (χ1v) is 53.0. The van der Waals surface area contributed by atoms with Crippen LogP contribution >= 0.6 is 0 Å². The van der Waals surface area contributed by atoms with Crippen molar-refractivity contribution in [2.75, 3.05) is 33.0 Å². The fourth-order valence-electron chi connectivity index (χ4n) is 19.7. The van der Waals surface area contributed by atoms with Gasteiger partial charge in [0.1, 0.15) is 104 Å². The van der Waals surface area contributed by atoms with Crippen molar-refractivity contribution >= 4 is 14.6 Å². The average molecular weight is 1970 g/mol. The molecule has 0 bridgehead atoms. The predicted octanol–water partition coefficient (Wildman–Crippen LogP) is 22.1. The van der Waals surface area contributed by atoms with Crippen molar-refractivity contribution in [3.63, 3.8) is 0 Å². The smallest absolute Gasteiger partial charge is 0.200 e. The topological polar surface area (TPSA) is 211 Å². The molecule has 4 heterocycles. The number of carbonyl (C=O) groups is 1. The van der Waals surface area contributed by atoms with Crippen LogP contribution in [0.3, 0.4) is 0 Å². The number of hydrogen-bond acceptors (Lipinski definition) is 22. The summed E-state index contributed by atoms with van der Waals surface area (Å²) < 4.78 is 160. The normalized spacial score (nSPS) is 24.6. The van der Waals surface area contributed by atoms with Gasteiger partial charge in [-0.2, -0.15) is 0 Å². The van der Waals surface area contributed by atoms with Crippen LogP contribution in [0.5, 0.6) is 0 Å². The summed E-state index contributed by atoms with van der Waals surface area (Å²) >= 11 is 0. The van der Waals surface area contributed by atoms with Gasteiger partial charge in [0.05, 0.1) is 112 Å². The van der Waals surface area contributed by atoms with E-state index in [0.717, 1.165) is 73.0 Å². The Morgan fingerprint density at radius 1 is 0.222 bits per heavy atom. The van der Waals surface area contributed by atoms with Crippen LogP contribution in [0.2, 0.25) is 16.6 Å². The Morgan fingerprint density at radius 2 is 0.424 bits per heavy atom. The van der Waals surface area contributed by atoms with Gasteiger partial charge in [-0.05, 0) is 89.8 Å². The lowest BCUT2D eigenvalue weighted by atomic mass is 9.95. The van der Waals surface area contributed by atoms with Crippen LogP contribution < -0.4 is 0 Å². The predicted molar refractivity (Wildman–Crippen MR) is 551 cm³/mol. The lowest BCUT2D eigenvalue weighted by Gasteiger charge is -2.52. The minimum Gasteiger partial charge on any atom is -0.413 e. The number of rotatable bonds is 56. The van der Waals surface area contributed by atoms with Gasteiger partial charge in [-0.15, -0.1) is 0 Å². The van der Waals surface area contributed by atoms with Gasteiger partial charge in [0.15, 0.2) is 33.5 Å². The molecule has 16 rings (SSSR count). The summed E-state index contributed by atoms with van der Waals surface area (Å²) in [4.78, 5) is 12.2. The molecule has 20 atom stereocenters. The number of ether oxygens (including phenoxy) is 20. The molecule has 0 aromatic heterocycles. The van der Waals surface area contributed by atoms with Gasteiger partial charge in [0.25, 0.3) is 0 Å². The highest BCUT2D eigenvalue weighted by Crippen LogP contribution is 2.46. The maximum absolute atomic E-state index is 12.2. The molecule has 0 radical (unpaired) electrons. The molecular weight excluding hydrogens is 1830 g/mol. The number of carbonyl (C=O) groups excluding carboxylic acids is 1. The number of unbranched alkanes of at least 4 members (excludes halogenated alkanes) is 1. The molecule has 0 spiro atoms. The Morgan fingerprint density at radius 3 is 0.688 bits per heavy atom. The monoisotopic (exact) mass is 1970 g/mol. The average Bonchev–Trinajstić information content (AvgIpc) is 0.758. The Labute approximate surface area is 850 Å². The quantitative estimate of drug-likeness (QED) is 0.0197.